The number of carbonyl (C=O) groups excluding carboxylic acids is 2. The lowest BCUT2D eigenvalue weighted by atomic mass is 10.2. The van der Waals surface area contributed by atoms with Gasteiger partial charge in [-0.2, -0.15) is 0 Å². The van der Waals surface area contributed by atoms with Crippen LogP contribution in [-0.2, 0) is 6.42 Å². The van der Waals surface area contributed by atoms with Crippen LogP contribution in [0.5, 0.6) is 0 Å². The zero-order valence-corrected chi connectivity index (χ0v) is 12.7. The summed E-state index contributed by atoms with van der Waals surface area (Å²) < 4.78 is 0. The van der Waals surface area contributed by atoms with Gasteiger partial charge in [-0.05, 0) is 43.2 Å². The number of amides is 3. The number of hydrogen-bond donors (Lipinski definition) is 3. The summed E-state index contributed by atoms with van der Waals surface area (Å²) in [6, 6.07) is 8.10. The Bertz CT molecular complexity index is 679. The molecule has 5 nitrogen and oxygen atoms in total. The maximum absolute atomic E-state index is 12.2. The maximum Gasteiger partial charge on any atom is 0.316 e. The molecular formula is C15H17N3O2S. The van der Waals surface area contributed by atoms with Crippen LogP contribution in [0.4, 0.5) is 16.2 Å². The monoisotopic (exact) mass is 303 g/mol. The van der Waals surface area contributed by atoms with Gasteiger partial charge >= 0.3 is 6.03 Å². The molecule has 0 fully saturated rings. The Kier molecular flexibility index (Phi) is 4.59. The fraction of sp³-hybridized carbons (Fsp3) is 0.200. The number of primary amides is 1. The molecule has 0 saturated heterocycles. The van der Waals surface area contributed by atoms with Gasteiger partial charge in [0.15, 0.2) is 0 Å². The van der Waals surface area contributed by atoms with Crippen LogP contribution in [-0.4, -0.2) is 11.9 Å². The van der Waals surface area contributed by atoms with Crippen molar-refractivity contribution in [3.8, 4) is 0 Å². The second kappa shape index (κ2) is 6.41. The minimum Gasteiger partial charge on any atom is -0.351 e. The highest BCUT2D eigenvalue weighted by Crippen LogP contribution is 2.24. The van der Waals surface area contributed by atoms with E-state index in [1.807, 2.05) is 13.0 Å². The topological polar surface area (TPSA) is 84.2 Å². The smallest absolute Gasteiger partial charge is 0.316 e. The lowest BCUT2D eigenvalue weighted by molar-refractivity contribution is 0.103. The van der Waals surface area contributed by atoms with Crippen molar-refractivity contribution in [3.63, 3.8) is 0 Å². The van der Waals surface area contributed by atoms with E-state index in [1.54, 1.807) is 24.3 Å². The minimum atomic E-state index is -0.639. The number of rotatable bonds is 4. The fourth-order valence-corrected chi connectivity index (χ4v) is 3.00. The third-order valence-electron chi connectivity index (χ3n) is 2.95. The summed E-state index contributed by atoms with van der Waals surface area (Å²) in [7, 11) is 0. The number of urea groups is 1. The average molecular weight is 303 g/mol. The predicted octanol–water partition coefficient (Wildman–Crippen LogP) is 3.36. The van der Waals surface area contributed by atoms with Gasteiger partial charge in [-0.1, -0.05) is 13.0 Å². The van der Waals surface area contributed by atoms with E-state index in [4.69, 9.17) is 5.73 Å². The third-order valence-corrected chi connectivity index (χ3v) is 4.33. The van der Waals surface area contributed by atoms with Crippen molar-refractivity contribution < 1.29 is 9.59 Å². The first-order chi connectivity index (χ1) is 9.99. The van der Waals surface area contributed by atoms with Crippen molar-refractivity contribution in [2.24, 2.45) is 5.73 Å². The Morgan fingerprint density at radius 3 is 2.43 bits per heavy atom. The Labute approximate surface area is 127 Å². The molecule has 21 heavy (non-hydrogen) atoms. The van der Waals surface area contributed by atoms with E-state index in [2.05, 4.69) is 17.6 Å². The number of carbonyl (C=O) groups is 2. The number of hydrogen-bond acceptors (Lipinski definition) is 3. The van der Waals surface area contributed by atoms with Crippen molar-refractivity contribution in [3.05, 3.63) is 45.6 Å². The number of anilines is 2. The van der Waals surface area contributed by atoms with Crippen LogP contribution in [0.1, 0.15) is 27.0 Å². The van der Waals surface area contributed by atoms with Crippen molar-refractivity contribution in [2.45, 2.75) is 20.3 Å². The fourth-order valence-electron chi connectivity index (χ4n) is 1.99. The van der Waals surface area contributed by atoms with Gasteiger partial charge in [0.25, 0.3) is 5.91 Å². The molecule has 0 saturated carbocycles. The molecule has 6 heteroatoms. The lowest BCUT2D eigenvalue weighted by Crippen LogP contribution is -2.19. The van der Waals surface area contributed by atoms with Gasteiger partial charge < -0.3 is 16.4 Å². The molecule has 110 valence electrons. The van der Waals surface area contributed by atoms with Gasteiger partial charge in [-0.3, -0.25) is 4.79 Å². The molecule has 4 N–H and O–H groups in total. The zero-order chi connectivity index (χ0) is 15.4. The molecule has 0 aliphatic carbocycles. The highest BCUT2D eigenvalue weighted by molar-refractivity contribution is 7.14. The summed E-state index contributed by atoms with van der Waals surface area (Å²) in [6.45, 7) is 4.07. The van der Waals surface area contributed by atoms with Crippen molar-refractivity contribution in [1.82, 2.24) is 0 Å². The summed E-state index contributed by atoms with van der Waals surface area (Å²) in [5.41, 5.74) is 7.35. The first-order valence-electron chi connectivity index (χ1n) is 6.56. The summed E-state index contributed by atoms with van der Waals surface area (Å²) in [6.07, 6.45) is 0.918. The molecule has 0 radical (unpaired) electrons. The second-order valence-electron chi connectivity index (χ2n) is 4.59. The van der Waals surface area contributed by atoms with Gasteiger partial charge in [0.1, 0.15) is 0 Å². The first-order valence-corrected chi connectivity index (χ1v) is 7.38. The highest BCUT2D eigenvalue weighted by atomic mass is 32.1. The van der Waals surface area contributed by atoms with Crippen LogP contribution in [0.3, 0.4) is 0 Å². The van der Waals surface area contributed by atoms with Crippen molar-refractivity contribution in [2.75, 3.05) is 10.6 Å². The molecule has 0 aliphatic rings. The molecule has 0 spiro atoms. The molecule has 0 bridgehead atoms. The first kappa shape index (κ1) is 15.1. The molecule has 0 atom stereocenters. The Morgan fingerprint density at radius 2 is 1.86 bits per heavy atom. The third kappa shape index (κ3) is 3.82. The summed E-state index contributed by atoms with van der Waals surface area (Å²) in [5, 5.41) is 5.29. The maximum atomic E-state index is 12.2. The molecule has 1 aromatic carbocycles. The molecular weight excluding hydrogens is 286 g/mol. The van der Waals surface area contributed by atoms with Crippen LogP contribution >= 0.6 is 11.3 Å². The van der Waals surface area contributed by atoms with Crippen LogP contribution < -0.4 is 16.4 Å². The zero-order valence-electron chi connectivity index (χ0n) is 11.9. The molecule has 3 amide bonds. The number of nitrogens with two attached hydrogens (primary N) is 1. The number of nitrogens with one attached hydrogen (secondary N) is 2. The Hall–Kier alpha value is -2.34. The summed E-state index contributed by atoms with van der Waals surface area (Å²) in [5.74, 6) is -0.154. The van der Waals surface area contributed by atoms with E-state index in [0.29, 0.717) is 16.3 Å². The molecule has 2 aromatic rings. The van der Waals surface area contributed by atoms with E-state index in [1.165, 1.54) is 16.2 Å². The quantitative estimate of drug-likeness (QED) is 0.809. The van der Waals surface area contributed by atoms with Crippen LogP contribution in [0.2, 0.25) is 0 Å². The minimum absolute atomic E-state index is 0.154. The molecule has 0 unspecified atom stereocenters. The van der Waals surface area contributed by atoms with Crippen LogP contribution in [0.25, 0.3) is 0 Å². The predicted molar refractivity (Wildman–Crippen MR) is 86.0 cm³/mol. The highest BCUT2D eigenvalue weighted by Gasteiger charge is 2.12. The van der Waals surface area contributed by atoms with E-state index in [0.717, 1.165) is 12.0 Å². The molecule has 1 aromatic heterocycles. The SMILES string of the molecule is CCc1sc(C(=O)Nc2cccc(NC(N)=O)c2)cc1C. The van der Waals surface area contributed by atoms with Crippen molar-refractivity contribution >= 4 is 34.6 Å². The van der Waals surface area contributed by atoms with Gasteiger partial charge in [-0.25, -0.2) is 4.79 Å². The van der Waals surface area contributed by atoms with Crippen molar-refractivity contribution in [1.29, 1.82) is 0 Å². The van der Waals surface area contributed by atoms with Crippen LogP contribution in [0, 0.1) is 6.92 Å². The van der Waals surface area contributed by atoms with E-state index in [9.17, 15) is 9.59 Å². The van der Waals surface area contributed by atoms with Gasteiger partial charge in [0.05, 0.1) is 4.88 Å². The number of thiophene rings is 1. The molecule has 2 rings (SSSR count). The lowest BCUT2D eigenvalue weighted by Gasteiger charge is -2.06. The molecule has 1 heterocycles. The average Bonchev–Trinajstić information content (AvgIpc) is 2.79. The van der Waals surface area contributed by atoms with E-state index in [-0.39, 0.29) is 5.91 Å². The van der Waals surface area contributed by atoms with E-state index >= 15 is 0 Å². The Balaban J connectivity index is 2.13. The normalized spacial score (nSPS) is 10.2. The van der Waals surface area contributed by atoms with Gasteiger partial charge in [0, 0.05) is 16.3 Å². The summed E-state index contributed by atoms with van der Waals surface area (Å²) >= 11 is 1.50. The largest absolute Gasteiger partial charge is 0.351 e. The van der Waals surface area contributed by atoms with Gasteiger partial charge in [-0.15, -0.1) is 11.3 Å². The standard InChI is InChI=1S/C15H17N3O2S/c1-3-12-9(2)7-13(21-12)14(19)17-10-5-4-6-11(8-10)18-15(16)20/h4-8H,3H2,1-2H3,(H,17,19)(H3,16,18,20). The van der Waals surface area contributed by atoms with E-state index < -0.39 is 6.03 Å². The van der Waals surface area contributed by atoms with Gasteiger partial charge in [0.2, 0.25) is 0 Å². The second-order valence-corrected chi connectivity index (χ2v) is 5.73. The summed E-state index contributed by atoms with van der Waals surface area (Å²) in [4.78, 5) is 24.9. The number of benzene rings is 1. The van der Waals surface area contributed by atoms with Crippen LogP contribution in [0.15, 0.2) is 30.3 Å². The number of aryl methyl sites for hydroxylation is 2. The Morgan fingerprint density at radius 1 is 1.19 bits per heavy atom. The molecule has 0 aliphatic heterocycles.